The van der Waals surface area contributed by atoms with Crippen LogP contribution in [0.3, 0.4) is 0 Å². The quantitative estimate of drug-likeness (QED) is 0.472. The second-order valence-corrected chi connectivity index (χ2v) is 9.42. The number of hydrogen-bond donors (Lipinski definition) is 1. The van der Waals surface area contributed by atoms with E-state index < -0.39 is 10.0 Å². The van der Waals surface area contributed by atoms with Gasteiger partial charge in [-0.3, -0.25) is 4.79 Å². The van der Waals surface area contributed by atoms with Crippen molar-refractivity contribution >= 4 is 22.0 Å². The van der Waals surface area contributed by atoms with E-state index in [1.54, 1.807) is 12.1 Å². The van der Waals surface area contributed by atoms with E-state index in [0.717, 1.165) is 28.1 Å². The van der Waals surface area contributed by atoms with Gasteiger partial charge in [-0.2, -0.15) is 4.31 Å². The van der Waals surface area contributed by atoms with Crippen molar-refractivity contribution in [1.29, 1.82) is 0 Å². The number of nitrogens with zero attached hydrogens (tertiary/aromatic N) is 1. The van der Waals surface area contributed by atoms with Crippen LogP contribution in [0, 0.1) is 0 Å². The Morgan fingerprint density at radius 2 is 1.72 bits per heavy atom. The molecule has 0 fully saturated rings. The van der Waals surface area contributed by atoms with Crippen LogP contribution in [-0.4, -0.2) is 31.2 Å². The van der Waals surface area contributed by atoms with Crippen LogP contribution in [0.1, 0.15) is 30.2 Å². The fourth-order valence-corrected chi connectivity index (χ4v) is 4.31. The van der Waals surface area contributed by atoms with Crippen LogP contribution in [0.15, 0.2) is 88.9 Å². The topological polar surface area (TPSA) is 79.6 Å². The lowest BCUT2D eigenvalue weighted by Gasteiger charge is -2.21. The molecule has 1 unspecified atom stereocenters. The minimum absolute atomic E-state index is 0.0275. The van der Waals surface area contributed by atoms with Crippen LogP contribution < -0.4 is 5.32 Å². The summed E-state index contributed by atoms with van der Waals surface area (Å²) in [6, 6.07) is 22.5. The molecule has 0 bridgehead atoms. The average Bonchev–Trinajstić information content (AvgIpc) is 3.30. The molecule has 2 aromatic carbocycles. The minimum Gasteiger partial charge on any atom is -0.468 e. The molecule has 7 heteroatoms. The molecule has 1 aromatic heterocycles. The number of rotatable bonds is 11. The summed E-state index contributed by atoms with van der Waals surface area (Å²) in [5.41, 5.74) is 1.95. The number of carbonyl (C=O) groups is 1. The molecule has 0 radical (unpaired) electrons. The summed E-state index contributed by atoms with van der Waals surface area (Å²) in [6.07, 6.45) is 4.58. The highest BCUT2D eigenvalue weighted by Gasteiger charge is 2.24. The number of hydrogen-bond acceptors (Lipinski definition) is 4. The second kappa shape index (κ2) is 11.5. The molecule has 1 atom stereocenters. The van der Waals surface area contributed by atoms with Gasteiger partial charge < -0.3 is 9.73 Å². The van der Waals surface area contributed by atoms with Gasteiger partial charge in [0.2, 0.25) is 15.9 Å². The van der Waals surface area contributed by atoms with Gasteiger partial charge in [0, 0.05) is 11.4 Å². The molecular formula is C25H28N2O4S. The molecule has 0 aliphatic carbocycles. The first-order chi connectivity index (χ1) is 15.4. The molecule has 3 rings (SSSR count). The molecule has 6 nitrogen and oxygen atoms in total. The zero-order valence-electron chi connectivity index (χ0n) is 18.1. The third-order valence-electron chi connectivity index (χ3n) is 4.94. The number of sulfonamides is 1. The Hall–Kier alpha value is -3.16. The number of furan rings is 1. The Balaban J connectivity index is 1.64. The van der Waals surface area contributed by atoms with Gasteiger partial charge in [0.05, 0.1) is 19.4 Å². The first kappa shape index (κ1) is 23.5. The molecule has 168 valence electrons. The molecule has 0 spiro atoms. The highest BCUT2D eigenvalue weighted by molar-refractivity contribution is 7.92. The van der Waals surface area contributed by atoms with Gasteiger partial charge in [-0.1, -0.05) is 60.7 Å². The van der Waals surface area contributed by atoms with Crippen molar-refractivity contribution in [2.45, 2.75) is 32.4 Å². The van der Waals surface area contributed by atoms with Gasteiger partial charge in [-0.15, -0.1) is 0 Å². The van der Waals surface area contributed by atoms with E-state index in [0.29, 0.717) is 5.76 Å². The molecule has 0 aliphatic rings. The predicted octanol–water partition coefficient (Wildman–Crippen LogP) is 4.22. The molecule has 0 aliphatic heterocycles. The number of benzene rings is 2. The lowest BCUT2D eigenvalue weighted by atomic mass is 10.1. The van der Waals surface area contributed by atoms with Gasteiger partial charge in [-0.25, -0.2) is 8.42 Å². The molecule has 1 heterocycles. The van der Waals surface area contributed by atoms with Crippen molar-refractivity contribution in [3.8, 4) is 0 Å². The third kappa shape index (κ3) is 7.51. The molecule has 32 heavy (non-hydrogen) atoms. The largest absolute Gasteiger partial charge is 0.468 e. The lowest BCUT2D eigenvalue weighted by molar-refractivity contribution is -0.122. The van der Waals surface area contributed by atoms with E-state index in [1.165, 1.54) is 17.9 Å². The van der Waals surface area contributed by atoms with Gasteiger partial charge >= 0.3 is 0 Å². The first-order valence-corrected chi connectivity index (χ1v) is 12.0. The van der Waals surface area contributed by atoms with E-state index >= 15 is 0 Å². The molecule has 1 amide bonds. The third-order valence-corrected chi connectivity index (χ3v) is 6.40. The highest BCUT2D eigenvalue weighted by atomic mass is 32.2. The Morgan fingerprint density at radius 3 is 2.38 bits per heavy atom. The number of carbonyl (C=O) groups excluding carboxylic acids is 1. The summed E-state index contributed by atoms with van der Waals surface area (Å²) >= 11 is 0. The van der Waals surface area contributed by atoms with Gasteiger partial charge in [0.1, 0.15) is 5.76 Å². The van der Waals surface area contributed by atoms with Gasteiger partial charge in [-0.05, 0) is 49.1 Å². The van der Waals surface area contributed by atoms with E-state index in [2.05, 4.69) is 5.32 Å². The summed E-state index contributed by atoms with van der Waals surface area (Å²) in [6.45, 7) is 1.60. The predicted molar refractivity (Wildman–Crippen MR) is 126 cm³/mol. The summed E-state index contributed by atoms with van der Waals surface area (Å²) in [5.74, 6) is 0.111. The second-order valence-electron chi connectivity index (χ2n) is 7.60. The fraction of sp³-hybridized carbons (Fsp3) is 0.240. The minimum atomic E-state index is -3.85. The van der Waals surface area contributed by atoms with Crippen LogP contribution in [-0.2, 0) is 27.8 Å². The maximum atomic E-state index is 13.0. The van der Waals surface area contributed by atoms with Crippen LogP contribution in [0.4, 0.5) is 0 Å². The number of amides is 1. The zero-order chi connectivity index (χ0) is 22.8. The van der Waals surface area contributed by atoms with Crippen molar-refractivity contribution in [2.24, 2.45) is 0 Å². The van der Waals surface area contributed by atoms with Crippen LogP contribution in [0.5, 0.6) is 0 Å². The van der Waals surface area contributed by atoms with Crippen molar-refractivity contribution in [3.05, 3.63) is 101 Å². The van der Waals surface area contributed by atoms with Crippen molar-refractivity contribution < 1.29 is 17.6 Å². The van der Waals surface area contributed by atoms with Crippen molar-refractivity contribution in [2.75, 3.05) is 6.54 Å². The van der Waals surface area contributed by atoms with Crippen molar-refractivity contribution in [3.63, 3.8) is 0 Å². The van der Waals surface area contributed by atoms with E-state index in [1.807, 2.05) is 67.6 Å². The van der Waals surface area contributed by atoms with E-state index in [4.69, 9.17) is 4.42 Å². The highest BCUT2D eigenvalue weighted by Crippen LogP contribution is 2.13. The summed E-state index contributed by atoms with van der Waals surface area (Å²) in [4.78, 5) is 12.7. The summed E-state index contributed by atoms with van der Waals surface area (Å²) in [7, 11) is -3.85. The van der Waals surface area contributed by atoms with E-state index in [-0.39, 0.29) is 25.0 Å². The van der Waals surface area contributed by atoms with Crippen LogP contribution >= 0.6 is 0 Å². The fourth-order valence-electron chi connectivity index (χ4n) is 3.21. The average molecular weight is 453 g/mol. The Morgan fingerprint density at radius 1 is 1.03 bits per heavy atom. The van der Waals surface area contributed by atoms with Gasteiger partial charge in [0.15, 0.2) is 0 Å². The monoisotopic (exact) mass is 452 g/mol. The molecule has 3 aromatic rings. The Bertz CT molecular complexity index is 1100. The Labute approximate surface area is 189 Å². The maximum Gasteiger partial charge on any atom is 0.237 e. The standard InChI is InChI=1S/C25H28N2O4S/c1-21(14-15-22-9-4-2-5-10-22)26-25(28)20-27(19-24-13-8-17-31-24)32(29,30)18-16-23-11-6-3-7-12-23/h2-13,16-18,21H,14-15,19-20H2,1H3,(H,26,28)/b18-16+. The first-order valence-electron chi connectivity index (χ1n) is 10.5. The Kier molecular flexibility index (Phi) is 8.41. The summed E-state index contributed by atoms with van der Waals surface area (Å²) < 4.78 is 32.4. The molecular weight excluding hydrogens is 424 g/mol. The molecule has 0 saturated carbocycles. The molecule has 1 N–H and O–H groups in total. The van der Waals surface area contributed by atoms with E-state index in [9.17, 15) is 13.2 Å². The maximum absolute atomic E-state index is 13.0. The van der Waals surface area contributed by atoms with Gasteiger partial charge in [0.25, 0.3) is 0 Å². The number of nitrogens with one attached hydrogen (secondary N) is 1. The van der Waals surface area contributed by atoms with Crippen LogP contribution in [0.2, 0.25) is 0 Å². The normalized spacial score (nSPS) is 12.8. The SMILES string of the molecule is CC(CCc1ccccc1)NC(=O)CN(Cc1ccco1)S(=O)(=O)/C=C/c1ccccc1. The lowest BCUT2D eigenvalue weighted by Crippen LogP contribution is -2.42. The van der Waals surface area contributed by atoms with Crippen molar-refractivity contribution in [1.82, 2.24) is 9.62 Å². The summed E-state index contributed by atoms with van der Waals surface area (Å²) in [5, 5.41) is 4.03. The van der Waals surface area contributed by atoms with Crippen LogP contribution in [0.25, 0.3) is 6.08 Å². The smallest absolute Gasteiger partial charge is 0.237 e. The number of aryl methyl sites for hydroxylation is 1. The molecule has 0 saturated heterocycles. The zero-order valence-corrected chi connectivity index (χ0v) is 18.9.